The molecule has 6 heteroatoms. The van der Waals surface area contributed by atoms with Crippen LogP contribution in [0.15, 0.2) is 4.99 Å². The molecule has 1 amide bonds. The fourth-order valence-electron chi connectivity index (χ4n) is 1.36. The van der Waals surface area contributed by atoms with Gasteiger partial charge in [0.15, 0.2) is 0 Å². The Morgan fingerprint density at radius 1 is 1.65 bits per heavy atom. The topological polar surface area (TPSA) is 81.9 Å². The molecule has 1 heterocycles. The summed E-state index contributed by atoms with van der Waals surface area (Å²) in [5.74, 6) is 0.580. The Morgan fingerprint density at radius 3 is 2.88 bits per heavy atom. The highest BCUT2D eigenvalue weighted by molar-refractivity contribution is 8.14. The van der Waals surface area contributed by atoms with Crippen LogP contribution in [0.2, 0.25) is 0 Å². The number of thioether (sulfide) groups is 1. The maximum atomic E-state index is 11.6. The molecule has 1 atom stereocenters. The van der Waals surface area contributed by atoms with E-state index in [4.69, 9.17) is 5.11 Å². The quantitative estimate of drug-likeness (QED) is 0.629. The molecule has 1 rings (SSSR count). The highest BCUT2D eigenvalue weighted by Crippen LogP contribution is 2.19. The van der Waals surface area contributed by atoms with E-state index < -0.39 is 17.4 Å². The van der Waals surface area contributed by atoms with Gasteiger partial charge < -0.3 is 15.5 Å². The fraction of sp³-hybridized carbons (Fsp3) is 0.818. The fourth-order valence-corrected chi connectivity index (χ4v) is 2.21. The number of amides is 1. The molecular formula is C11H20N2O3S. The number of hydrogen-bond donors (Lipinski definition) is 3. The Bertz CT molecular complexity index is 305. The van der Waals surface area contributed by atoms with Gasteiger partial charge in [-0.15, -0.1) is 11.8 Å². The van der Waals surface area contributed by atoms with Crippen LogP contribution in [-0.4, -0.2) is 52.7 Å². The molecule has 5 nitrogen and oxygen atoms in total. The summed E-state index contributed by atoms with van der Waals surface area (Å²) in [6.07, 6.45) is -0.478. The van der Waals surface area contributed by atoms with E-state index in [0.29, 0.717) is 13.0 Å². The Balaban J connectivity index is 2.29. The first kappa shape index (κ1) is 14.5. The Hall–Kier alpha value is -0.590. The van der Waals surface area contributed by atoms with E-state index in [0.717, 1.165) is 17.3 Å². The highest BCUT2D eigenvalue weighted by Gasteiger charge is 2.32. The van der Waals surface area contributed by atoms with Gasteiger partial charge in [0.05, 0.1) is 11.7 Å². The monoisotopic (exact) mass is 260 g/mol. The number of aliphatic imine (C=N–C) groups is 1. The number of aliphatic hydroxyl groups excluding tert-OH is 2. The smallest absolute Gasteiger partial charge is 0.249 e. The van der Waals surface area contributed by atoms with Crippen molar-refractivity contribution in [1.29, 1.82) is 0 Å². The summed E-state index contributed by atoms with van der Waals surface area (Å²) in [7, 11) is 0. The largest absolute Gasteiger partial charge is 0.396 e. The zero-order valence-corrected chi connectivity index (χ0v) is 11.1. The first-order chi connectivity index (χ1) is 7.97. The lowest BCUT2D eigenvalue weighted by Gasteiger charge is -2.27. The number of aliphatic hydroxyl groups is 2. The van der Waals surface area contributed by atoms with Gasteiger partial charge in [-0.25, -0.2) is 0 Å². The Morgan fingerprint density at radius 2 is 2.35 bits per heavy atom. The molecule has 1 unspecified atom stereocenters. The number of rotatable bonds is 6. The summed E-state index contributed by atoms with van der Waals surface area (Å²) in [6.45, 7) is 4.39. The summed E-state index contributed by atoms with van der Waals surface area (Å²) in [6, 6.07) is 0. The van der Waals surface area contributed by atoms with Crippen molar-refractivity contribution < 1.29 is 15.0 Å². The molecule has 3 N–H and O–H groups in total. The minimum absolute atomic E-state index is 0.232. The molecule has 0 bridgehead atoms. The molecule has 0 aromatic rings. The number of nitrogens with zero attached hydrogens (tertiary/aromatic N) is 1. The van der Waals surface area contributed by atoms with Crippen LogP contribution in [0.3, 0.4) is 0 Å². The minimum Gasteiger partial charge on any atom is -0.396 e. The van der Waals surface area contributed by atoms with E-state index in [2.05, 4.69) is 10.3 Å². The molecule has 0 aromatic heterocycles. The van der Waals surface area contributed by atoms with Gasteiger partial charge in [-0.3, -0.25) is 9.79 Å². The van der Waals surface area contributed by atoms with Crippen molar-refractivity contribution in [3.8, 4) is 0 Å². The summed E-state index contributed by atoms with van der Waals surface area (Å²) >= 11 is 1.71. The average molecular weight is 260 g/mol. The van der Waals surface area contributed by atoms with Crippen LogP contribution in [-0.2, 0) is 4.79 Å². The Kier molecular flexibility index (Phi) is 5.42. The standard InChI is InChI=1S/C11H20N2O3S/c1-11(2,7-14)9(15)10(16)13-4-3-8-12-5-6-17-8/h9,14-15H,3-7H2,1-2H3,(H,13,16). The molecule has 0 radical (unpaired) electrons. The Labute approximate surface area is 106 Å². The van der Waals surface area contributed by atoms with E-state index in [1.807, 2.05) is 0 Å². The molecule has 0 saturated heterocycles. The average Bonchev–Trinajstić information content (AvgIpc) is 2.80. The van der Waals surface area contributed by atoms with Gasteiger partial charge in [0, 0.05) is 30.7 Å². The third-order valence-corrected chi connectivity index (χ3v) is 3.74. The number of nitrogens with one attached hydrogen (secondary N) is 1. The molecule has 0 aliphatic carbocycles. The van der Waals surface area contributed by atoms with Gasteiger partial charge in [0.25, 0.3) is 0 Å². The van der Waals surface area contributed by atoms with Gasteiger partial charge in [-0.2, -0.15) is 0 Å². The van der Waals surface area contributed by atoms with Gasteiger partial charge in [0.2, 0.25) is 5.91 Å². The molecule has 1 aliphatic heterocycles. The zero-order chi connectivity index (χ0) is 12.9. The van der Waals surface area contributed by atoms with Gasteiger partial charge in [0.1, 0.15) is 6.10 Å². The second kappa shape index (κ2) is 6.37. The van der Waals surface area contributed by atoms with Crippen molar-refractivity contribution in [2.75, 3.05) is 25.4 Å². The molecular weight excluding hydrogens is 240 g/mol. The molecule has 0 aromatic carbocycles. The molecule has 0 saturated carbocycles. The van der Waals surface area contributed by atoms with Crippen molar-refractivity contribution in [3.05, 3.63) is 0 Å². The predicted molar refractivity (Wildman–Crippen MR) is 69.3 cm³/mol. The van der Waals surface area contributed by atoms with Crippen LogP contribution in [0.5, 0.6) is 0 Å². The molecule has 0 fully saturated rings. The lowest BCUT2D eigenvalue weighted by molar-refractivity contribution is -0.137. The van der Waals surface area contributed by atoms with Crippen LogP contribution in [0.4, 0.5) is 0 Å². The third-order valence-electron chi connectivity index (χ3n) is 2.68. The van der Waals surface area contributed by atoms with Crippen molar-refractivity contribution >= 4 is 22.7 Å². The summed E-state index contributed by atoms with van der Waals surface area (Å²) in [5.41, 5.74) is -0.816. The van der Waals surface area contributed by atoms with E-state index in [9.17, 15) is 9.90 Å². The number of hydrogen-bond acceptors (Lipinski definition) is 5. The van der Waals surface area contributed by atoms with Crippen molar-refractivity contribution in [2.45, 2.75) is 26.4 Å². The van der Waals surface area contributed by atoms with Crippen LogP contribution in [0.25, 0.3) is 0 Å². The first-order valence-electron chi connectivity index (χ1n) is 5.70. The van der Waals surface area contributed by atoms with Crippen molar-refractivity contribution in [2.24, 2.45) is 10.4 Å². The third kappa shape index (κ3) is 4.29. The maximum Gasteiger partial charge on any atom is 0.249 e. The highest BCUT2D eigenvalue weighted by atomic mass is 32.2. The van der Waals surface area contributed by atoms with E-state index in [1.54, 1.807) is 25.6 Å². The van der Waals surface area contributed by atoms with Gasteiger partial charge in [-0.05, 0) is 0 Å². The van der Waals surface area contributed by atoms with Gasteiger partial charge in [-0.1, -0.05) is 13.8 Å². The number of carbonyl (C=O) groups excluding carboxylic acids is 1. The molecule has 17 heavy (non-hydrogen) atoms. The lowest BCUT2D eigenvalue weighted by atomic mass is 9.87. The maximum absolute atomic E-state index is 11.6. The summed E-state index contributed by atoms with van der Waals surface area (Å²) < 4.78 is 0. The second-order valence-corrected chi connectivity index (χ2v) is 5.88. The van der Waals surface area contributed by atoms with Crippen LogP contribution in [0.1, 0.15) is 20.3 Å². The predicted octanol–water partition coefficient (Wildman–Crippen LogP) is 0.0174. The minimum atomic E-state index is -1.19. The lowest BCUT2D eigenvalue weighted by Crippen LogP contribution is -2.45. The summed E-state index contributed by atoms with van der Waals surface area (Å²) in [4.78, 5) is 15.9. The van der Waals surface area contributed by atoms with Gasteiger partial charge >= 0.3 is 0 Å². The van der Waals surface area contributed by atoms with E-state index >= 15 is 0 Å². The van der Waals surface area contributed by atoms with Crippen molar-refractivity contribution in [3.63, 3.8) is 0 Å². The zero-order valence-electron chi connectivity index (χ0n) is 10.3. The van der Waals surface area contributed by atoms with Crippen LogP contribution >= 0.6 is 11.8 Å². The molecule has 0 spiro atoms. The second-order valence-electron chi connectivity index (χ2n) is 4.71. The molecule has 98 valence electrons. The van der Waals surface area contributed by atoms with E-state index in [1.165, 1.54) is 0 Å². The SMILES string of the molecule is CC(C)(CO)C(O)C(=O)NCCC1=NCCS1. The first-order valence-corrected chi connectivity index (χ1v) is 6.68. The van der Waals surface area contributed by atoms with Crippen LogP contribution in [0, 0.1) is 5.41 Å². The summed E-state index contributed by atoms with van der Waals surface area (Å²) in [5, 5.41) is 22.5. The van der Waals surface area contributed by atoms with Crippen molar-refractivity contribution in [1.82, 2.24) is 5.32 Å². The number of carbonyl (C=O) groups is 1. The van der Waals surface area contributed by atoms with E-state index in [-0.39, 0.29) is 6.61 Å². The molecule has 1 aliphatic rings. The normalized spacial score (nSPS) is 17.8. The van der Waals surface area contributed by atoms with Crippen LogP contribution < -0.4 is 5.32 Å².